The van der Waals surface area contributed by atoms with Gasteiger partial charge in [-0.1, -0.05) is 0 Å². The molecule has 4 nitrogen and oxygen atoms in total. The molecule has 15 heavy (non-hydrogen) atoms. The highest BCUT2D eigenvalue weighted by molar-refractivity contribution is 5.78. The Kier molecular flexibility index (Phi) is 4.54. The summed E-state index contributed by atoms with van der Waals surface area (Å²) in [6.07, 6.45) is 3.49. The maximum Gasteiger partial charge on any atom is 0.223 e. The lowest BCUT2D eigenvalue weighted by molar-refractivity contribution is -0.126. The number of carbonyl (C=O) groups is 1. The molecule has 3 N–H and O–H groups in total. The van der Waals surface area contributed by atoms with Gasteiger partial charge in [-0.25, -0.2) is 0 Å². The van der Waals surface area contributed by atoms with Crippen LogP contribution in [-0.4, -0.2) is 36.8 Å². The van der Waals surface area contributed by atoms with Crippen LogP contribution in [0, 0.1) is 5.92 Å². The van der Waals surface area contributed by atoms with E-state index in [2.05, 4.69) is 10.6 Å². The van der Waals surface area contributed by atoms with E-state index in [1.165, 1.54) is 0 Å². The third kappa shape index (κ3) is 2.92. The topological polar surface area (TPSA) is 61.4 Å². The molecule has 0 bridgehead atoms. The van der Waals surface area contributed by atoms with Crippen LogP contribution in [0.4, 0.5) is 0 Å². The molecular formula is C11H22N2O2. The van der Waals surface area contributed by atoms with Crippen molar-refractivity contribution in [3.63, 3.8) is 0 Å². The van der Waals surface area contributed by atoms with Crippen LogP contribution in [0.25, 0.3) is 0 Å². The molecule has 1 amide bonds. The molecule has 4 heteroatoms. The van der Waals surface area contributed by atoms with E-state index in [1.807, 2.05) is 14.0 Å². The molecule has 0 heterocycles. The van der Waals surface area contributed by atoms with E-state index in [0.717, 1.165) is 25.7 Å². The van der Waals surface area contributed by atoms with Crippen LogP contribution < -0.4 is 10.6 Å². The van der Waals surface area contributed by atoms with Gasteiger partial charge in [0.25, 0.3) is 0 Å². The number of nitrogens with one attached hydrogen (secondary N) is 2. The van der Waals surface area contributed by atoms with Crippen LogP contribution in [-0.2, 0) is 4.79 Å². The Labute approximate surface area is 91.4 Å². The molecule has 0 saturated heterocycles. The van der Waals surface area contributed by atoms with E-state index in [-0.39, 0.29) is 24.0 Å². The van der Waals surface area contributed by atoms with Gasteiger partial charge in [-0.2, -0.15) is 0 Å². The third-order valence-corrected chi connectivity index (χ3v) is 3.50. The number of rotatable bonds is 4. The average molecular weight is 214 g/mol. The lowest BCUT2D eigenvalue weighted by atomic mass is 9.76. The highest BCUT2D eigenvalue weighted by Crippen LogP contribution is 2.31. The molecule has 1 saturated carbocycles. The number of hydrogen-bond acceptors (Lipinski definition) is 3. The summed E-state index contributed by atoms with van der Waals surface area (Å²) in [7, 11) is 1.88. The fourth-order valence-electron chi connectivity index (χ4n) is 2.24. The van der Waals surface area contributed by atoms with Crippen LogP contribution in [0.5, 0.6) is 0 Å². The van der Waals surface area contributed by atoms with Gasteiger partial charge >= 0.3 is 0 Å². The molecule has 0 aliphatic heterocycles. The summed E-state index contributed by atoms with van der Waals surface area (Å²) in [6.45, 7) is 2.80. The predicted octanol–water partition coefficient (Wildman–Crippen LogP) is 0.263. The summed E-state index contributed by atoms with van der Waals surface area (Å²) in [5.74, 6) is 0.304. The number of amides is 1. The Morgan fingerprint density at radius 1 is 1.47 bits per heavy atom. The first-order chi connectivity index (χ1) is 7.17. The first kappa shape index (κ1) is 12.5. The Morgan fingerprint density at radius 2 is 2.07 bits per heavy atom. The van der Waals surface area contributed by atoms with Crippen molar-refractivity contribution in [3.05, 3.63) is 0 Å². The number of aliphatic hydroxyl groups excluding tert-OH is 1. The first-order valence-corrected chi connectivity index (χ1v) is 5.75. The predicted molar refractivity (Wildman–Crippen MR) is 59.5 cm³/mol. The minimum Gasteiger partial charge on any atom is -0.394 e. The summed E-state index contributed by atoms with van der Waals surface area (Å²) in [4.78, 5) is 11.6. The Morgan fingerprint density at radius 3 is 2.47 bits per heavy atom. The maximum atomic E-state index is 11.6. The third-order valence-electron chi connectivity index (χ3n) is 3.50. The van der Waals surface area contributed by atoms with E-state index in [1.54, 1.807) is 0 Å². The quantitative estimate of drug-likeness (QED) is 0.629. The second-order valence-corrected chi connectivity index (χ2v) is 4.36. The van der Waals surface area contributed by atoms with E-state index < -0.39 is 0 Å². The summed E-state index contributed by atoms with van der Waals surface area (Å²) >= 11 is 0. The fourth-order valence-corrected chi connectivity index (χ4v) is 2.24. The van der Waals surface area contributed by atoms with E-state index >= 15 is 0 Å². The summed E-state index contributed by atoms with van der Waals surface area (Å²) in [6, 6.07) is 0. The molecule has 0 unspecified atom stereocenters. The zero-order valence-corrected chi connectivity index (χ0v) is 9.68. The molecule has 1 fully saturated rings. The largest absolute Gasteiger partial charge is 0.394 e. The highest BCUT2D eigenvalue weighted by Gasteiger charge is 2.35. The van der Waals surface area contributed by atoms with Crippen LogP contribution >= 0.6 is 0 Å². The molecule has 1 aliphatic carbocycles. The normalized spacial score (nSPS) is 31.3. The molecule has 0 aromatic carbocycles. The zero-order chi connectivity index (χ0) is 11.3. The number of carbonyl (C=O) groups excluding carboxylic acids is 1. The molecule has 0 radical (unpaired) electrons. The van der Waals surface area contributed by atoms with Gasteiger partial charge in [-0.05, 0) is 39.7 Å². The molecule has 1 rings (SSSR count). The number of hydrogen-bond donors (Lipinski definition) is 3. The number of aliphatic hydroxyl groups is 1. The molecule has 1 aliphatic rings. The minimum atomic E-state index is -0.150. The van der Waals surface area contributed by atoms with E-state index in [9.17, 15) is 9.90 Å². The van der Waals surface area contributed by atoms with Gasteiger partial charge in [-0.3, -0.25) is 4.79 Å². The van der Waals surface area contributed by atoms with Crippen LogP contribution in [0.15, 0.2) is 0 Å². The number of likely N-dealkylation sites (N-methyl/N-ethyl adjacent to an activating group) is 1. The smallest absolute Gasteiger partial charge is 0.223 e. The van der Waals surface area contributed by atoms with Crippen molar-refractivity contribution in [2.24, 2.45) is 5.92 Å². The molecule has 0 aromatic rings. The second-order valence-electron chi connectivity index (χ2n) is 4.36. The van der Waals surface area contributed by atoms with Gasteiger partial charge in [0.2, 0.25) is 5.91 Å². The SMILES string of the molecule is CCNC(=O)C1CCC(CO)(NC)CC1. The van der Waals surface area contributed by atoms with E-state index in [4.69, 9.17) is 0 Å². The summed E-state index contributed by atoms with van der Waals surface area (Å²) in [5, 5.41) is 15.3. The summed E-state index contributed by atoms with van der Waals surface area (Å²) < 4.78 is 0. The van der Waals surface area contributed by atoms with E-state index in [0.29, 0.717) is 6.54 Å². The van der Waals surface area contributed by atoms with Crippen LogP contribution in [0.2, 0.25) is 0 Å². The van der Waals surface area contributed by atoms with Gasteiger partial charge < -0.3 is 15.7 Å². The molecule has 0 spiro atoms. The van der Waals surface area contributed by atoms with Crippen molar-refractivity contribution < 1.29 is 9.90 Å². The van der Waals surface area contributed by atoms with Crippen molar-refractivity contribution in [3.8, 4) is 0 Å². The van der Waals surface area contributed by atoms with Crippen LogP contribution in [0.3, 0.4) is 0 Å². The Hall–Kier alpha value is -0.610. The lowest BCUT2D eigenvalue weighted by Gasteiger charge is -2.38. The Balaban J connectivity index is 2.44. The van der Waals surface area contributed by atoms with Gasteiger partial charge in [0.15, 0.2) is 0 Å². The zero-order valence-electron chi connectivity index (χ0n) is 9.68. The maximum absolute atomic E-state index is 11.6. The van der Waals surface area contributed by atoms with Gasteiger partial charge in [0.05, 0.1) is 6.61 Å². The van der Waals surface area contributed by atoms with Crippen LogP contribution in [0.1, 0.15) is 32.6 Å². The molecule has 0 atom stereocenters. The molecule has 88 valence electrons. The van der Waals surface area contributed by atoms with Gasteiger partial charge in [0.1, 0.15) is 0 Å². The fraction of sp³-hybridized carbons (Fsp3) is 0.909. The van der Waals surface area contributed by atoms with Gasteiger partial charge in [0, 0.05) is 18.0 Å². The van der Waals surface area contributed by atoms with Crippen molar-refractivity contribution in [1.29, 1.82) is 0 Å². The Bertz CT molecular complexity index is 205. The first-order valence-electron chi connectivity index (χ1n) is 5.75. The van der Waals surface area contributed by atoms with Gasteiger partial charge in [-0.15, -0.1) is 0 Å². The summed E-state index contributed by atoms with van der Waals surface area (Å²) in [5.41, 5.74) is -0.150. The second kappa shape index (κ2) is 5.47. The van der Waals surface area contributed by atoms with Crippen molar-refractivity contribution in [2.45, 2.75) is 38.1 Å². The standard InChI is InChI=1S/C11H22N2O2/c1-3-13-10(15)9-4-6-11(8-14,12-2)7-5-9/h9,12,14H,3-8H2,1-2H3,(H,13,15). The van der Waals surface area contributed by atoms with Crippen molar-refractivity contribution >= 4 is 5.91 Å². The monoisotopic (exact) mass is 214 g/mol. The molecular weight excluding hydrogens is 192 g/mol. The molecule has 0 aromatic heterocycles. The minimum absolute atomic E-state index is 0.137. The van der Waals surface area contributed by atoms with Crippen molar-refractivity contribution in [1.82, 2.24) is 10.6 Å². The lowest BCUT2D eigenvalue weighted by Crippen LogP contribution is -2.50. The van der Waals surface area contributed by atoms with Crippen molar-refractivity contribution in [2.75, 3.05) is 20.2 Å². The highest BCUT2D eigenvalue weighted by atomic mass is 16.3. The average Bonchev–Trinajstić information content (AvgIpc) is 2.29.